The van der Waals surface area contributed by atoms with Crippen LogP contribution in [-0.2, 0) is 16.4 Å². The molecule has 2 fully saturated rings. The number of aromatic amines is 1. The van der Waals surface area contributed by atoms with Crippen LogP contribution in [0.2, 0.25) is 0 Å². The van der Waals surface area contributed by atoms with E-state index in [1.807, 2.05) is 24.3 Å². The molecule has 0 unspecified atom stereocenters. The molecule has 9 nitrogen and oxygen atoms in total. The normalized spacial score (nSPS) is 17.5. The van der Waals surface area contributed by atoms with E-state index in [1.54, 1.807) is 17.4 Å². The number of hydrogen-bond acceptors (Lipinski definition) is 6. The lowest BCUT2D eigenvalue weighted by Gasteiger charge is -2.35. The summed E-state index contributed by atoms with van der Waals surface area (Å²) in [5.41, 5.74) is 8.57. The van der Waals surface area contributed by atoms with Gasteiger partial charge in [-0.2, -0.15) is 4.31 Å². The van der Waals surface area contributed by atoms with Crippen LogP contribution < -0.4 is 20.9 Å². The Balaban J connectivity index is 1.40. The maximum Gasteiger partial charge on any atom is 0.394 e. The summed E-state index contributed by atoms with van der Waals surface area (Å²) in [5, 5.41) is 3.24. The third-order valence-electron chi connectivity index (χ3n) is 5.85. The first-order chi connectivity index (χ1) is 14.9. The van der Waals surface area contributed by atoms with Crippen molar-refractivity contribution >= 4 is 33.3 Å². The lowest BCUT2D eigenvalue weighted by Crippen LogP contribution is -2.49. The predicted octanol–water partition coefficient (Wildman–Crippen LogP) is 1.16. The van der Waals surface area contributed by atoms with Gasteiger partial charge in [0.15, 0.2) is 0 Å². The SMILES string of the molecule is CCS(=O)(=O)N1CCN(c2ccc(Nc3nc(CC4CC4)c(C(N)=O)c[nH+]3)cc2)CC1. The molecule has 1 aromatic carbocycles. The standard InChI is InChI=1S/C21H28N6O3S/c1-2-31(29,30)27-11-9-26(10-12-27)17-7-5-16(6-8-17)24-21-23-14-18(20(22)28)19(25-21)13-15-3-4-15/h5-8,14-15H,2-4,9-13H2,1H3,(H2,22,28)(H,23,24,25)/p+1. The second kappa shape index (κ2) is 8.80. The summed E-state index contributed by atoms with van der Waals surface area (Å²) >= 11 is 0. The lowest BCUT2D eigenvalue weighted by molar-refractivity contribution is -0.365. The number of H-pyrrole nitrogens is 1. The van der Waals surface area contributed by atoms with Gasteiger partial charge in [0, 0.05) is 38.3 Å². The van der Waals surface area contributed by atoms with E-state index in [2.05, 4.69) is 20.2 Å². The Kier molecular flexibility index (Phi) is 6.10. The summed E-state index contributed by atoms with van der Waals surface area (Å²) < 4.78 is 25.6. The molecule has 2 aliphatic rings. The van der Waals surface area contributed by atoms with Gasteiger partial charge in [0.1, 0.15) is 11.3 Å². The molecule has 1 aliphatic carbocycles. The number of nitrogens with two attached hydrogens (primary N) is 1. The van der Waals surface area contributed by atoms with Crippen molar-refractivity contribution in [2.24, 2.45) is 11.7 Å². The minimum Gasteiger partial charge on any atom is -0.369 e. The summed E-state index contributed by atoms with van der Waals surface area (Å²) in [6.45, 7) is 4.02. The Bertz CT molecular complexity index is 1050. The number of piperazine rings is 1. The van der Waals surface area contributed by atoms with Gasteiger partial charge in [0.2, 0.25) is 10.0 Å². The van der Waals surface area contributed by atoms with Gasteiger partial charge < -0.3 is 10.6 Å². The quantitative estimate of drug-likeness (QED) is 0.629. The van der Waals surface area contributed by atoms with E-state index in [1.165, 1.54) is 12.8 Å². The van der Waals surface area contributed by atoms with Crippen molar-refractivity contribution in [1.82, 2.24) is 9.29 Å². The number of primary amides is 1. The van der Waals surface area contributed by atoms with E-state index in [-0.39, 0.29) is 5.75 Å². The number of aromatic nitrogens is 2. The fourth-order valence-electron chi connectivity index (χ4n) is 3.78. The van der Waals surface area contributed by atoms with Crippen molar-refractivity contribution in [2.75, 3.05) is 42.1 Å². The van der Waals surface area contributed by atoms with E-state index in [0.29, 0.717) is 43.6 Å². The first-order valence-electron chi connectivity index (χ1n) is 10.7. The zero-order valence-corrected chi connectivity index (χ0v) is 18.5. The summed E-state index contributed by atoms with van der Waals surface area (Å²) in [6.07, 6.45) is 4.72. The van der Waals surface area contributed by atoms with Crippen molar-refractivity contribution in [2.45, 2.75) is 26.2 Å². The third-order valence-corrected chi connectivity index (χ3v) is 7.73. The molecule has 0 atom stereocenters. The number of carbonyl (C=O) groups is 1. The largest absolute Gasteiger partial charge is 0.394 e. The first kappa shape index (κ1) is 21.5. The number of nitrogens with zero attached hydrogens (tertiary/aromatic N) is 3. The van der Waals surface area contributed by atoms with Gasteiger partial charge in [-0.05, 0) is 49.9 Å². The average Bonchev–Trinajstić information content (AvgIpc) is 3.58. The maximum atomic E-state index is 12.0. The molecule has 1 aromatic heterocycles. The fraction of sp³-hybridized carbons (Fsp3) is 0.476. The van der Waals surface area contributed by atoms with Crippen LogP contribution in [-0.4, -0.2) is 55.5 Å². The fourth-order valence-corrected chi connectivity index (χ4v) is 4.86. The van der Waals surface area contributed by atoms with Crippen LogP contribution in [0.4, 0.5) is 17.3 Å². The van der Waals surface area contributed by atoms with Gasteiger partial charge in [-0.1, -0.05) is 4.98 Å². The van der Waals surface area contributed by atoms with Crippen LogP contribution >= 0.6 is 0 Å². The Labute approximate surface area is 182 Å². The van der Waals surface area contributed by atoms with E-state index < -0.39 is 15.9 Å². The van der Waals surface area contributed by atoms with Gasteiger partial charge >= 0.3 is 5.95 Å². The predicted molar refractivity (Wildman–Crippen MR) is 119 cm³/mol. The van der Waals surface area contributed by atoms with Gasteiger partial charge in [-0.15, -0.1) is 0 Å². The molecule has 1 saturated carbocycles. The summed E-state index contributed by atoms with van der Waals surface area (Å²) in [4.78, 5) is 21.4. The van der Waals surface area contributed by atoms with Gasteiger partial charge in [-0.25, -0.2) is 18.7 Å². The lowest BCUT2D eigenvalue weighted by atomic mass is 10.1. The Hall–Kier alpha value is -2.72. The number of amides is 1. The number of carbonyl (C=O) groups excluding carboxylic acids is 1. The van der Waals surface area contributed by atoms with Crippen molar-refractivity contribution in [1.29, 1.82) is 0 Å². The van der Waals surface area contributed by atoms with Gasteiger partial charge in [0.25, 0.3) is 5.91 Å². The van der Waals surface area contributed by atoms with Crippen LogP contribution in [0.1, 0.15) is 35.8 Å². The molecule has 10 heteroatoms. The van der Waals surface area contributed by atoms with Crippen LogP contribution in [0.25, 0.3) is 0 Å². The molecule has 4 N–H and O–H groups in total. The molecule has 166 valence electrons. The molecule has 1 saturated heterocycles. The average molecular weight is 446 g/mol. The summed E-state index contributed by atoms with van der Waals surface area (Å²) in [6, 6.07) is 7.94. The highest BCUT2D eigenvalue weighted by molar-refractivity contribution is 7.89. The first-order valence-corrected chi connectivity index (χ1v) is 12.3. The Morgan fingerprint density at radius 1 is 1.19 bits per heavy atom. The highest BCUT2D eigenvalue weighted by Gasteiger charge is 2.28. The number of sulfonamides is 1. The van der Waals surface area contributed by atoms with Crippen molar-refractivity contribution in [3.05, 3.63) is 41.7 Å². The molecule has 1 amide bonds. The topological polar surface area (TPSA) is 123 Å². The Morgan fingerprint density at radius 3 is 2.45 bits per heavy atom. The van der Waals surface area contributed by atoms with E-state index in [9.17, 15) is 13.2 Å². The number of benzene rings is 1. The number of nitrogens with one attached hydrogen (secondary N) is 2. The molecule has 2 aromatic rings. The third kappa shape index (κ3) is 5.13. The highest BCUT2D eigenvalue weighted by Crippen LogP contribution is 2.33. The monoisotopic (exact) mass is 445 g/mol. The van der Waals surface area contributed by atoms with Crippen molar-refractivity contribution < 1.29 is 18.2 Å². The molecular formula is C21H29N6O3S+. The molecule has 0 spiro atoms. The van der Waals surface area contributed by atoms with Crippen molar-refractivity contribution in [3.63, 3.8) is 0 Å². The van der Waals surface area contributed by atoms with Crippen molar-refractivity contribution in [3.8, 4) is 0 Å². The summed E-state index contributed by atoms with van der Waals surface area (Å²) in [5.74, 6) is 0.822. The maximum absolute atomic E-state index is 12.0. The smallest absolute Gasteiger partial charge is 0.369 e. The highest BCUT2D eigenvalue weighted by atomic mass is 32.2. The minimum atomic E-state index is -3.13. The summed E-state index contributed by atoms with van der Waals surface area (Å²) in [7, 11) is -3.13. The second-order valence-corrected chi connectivity index (χ2v) is 10.3. The van der Waals surface area contributed by atoms with Crippen LogP contribution in [0.5, 0.6) is 0 Å². The van der Waals surface area contributed by atoms with Gasteiger partial charge in [-0.3, -0.25) is 4.79 Å². The van der Waals surface area contributed by atoms with Gasteiger partial charge in [0.05, 0.1) is 17.6 Å². The molecule has 1 aliphatic heterocycles. The molecule has 0 radical (unpaired) electrons. The van der Waals surface area contributed by atoms with E-state index >= 15 is 0 Å². The Morgan fingerprint density at radius 2 is 1.87 bits per heavy atom. The molecule has 4 rings (SSSR count). The van der Waals surface area contributed by atoms with E-state index in [0.717, 1.165) is 23.5 Å². The minimum absolute atomic E-state index is 0.140. The van der Waals surface area contributed by atoms with Crippen LogP contribution in [0, 0.1) is 5.92 Å². The molecule has 0 bridgehead atoms. The molecule has 2 heterocycles. The zero-order chi connectivity index (χ0) is 22.0. The number of anilines is 3. The van der Waals surface area contributed by atoms with Crippen LogP contribution in [0.3, 0.4) is 0 Å². The van der Waals surface area contributed by atoms with E-state index in [4.69, 9.17) is 5.73 Å². The zero-order valence-electron chi connectivity index (χ0n) is 17.7. The van der Waals surface area contributed by atoms with Crippen LogP contribution in [0.15, 0.2) is 30.5 Å². The molecule has 31 heavy (non-hydrogen) atoms. The number of rotatable bonds is 8. The molecular weight excluding hydrogens is 416 g/mol. The second-order valence-electron chi connectivity index (χ2n) is 8.08. The number of hydrogen-bond donors (Lipinski definition) is 2.